The second kappa shape index (κ2) is 20.4. The minimum atomic E-state index is -8.73. The maximum absolute atomic E-state index is 15.0. The van der Waals surface area contributed by atoms with Crippen molar-refractivity contribution in [3.8, 4) is 5.75 Å². The first-order chi connectivity index (χ1) is 29.7. The molecule has 2 aromatic carbocycles. The fourth-order valence-corrected chi connectivity index (χ4v) is 10.9. The third-order valence-corrected chi connectivity index (χ3v) is 16.0. The van der Waals surface area contributed by atoms with E-state index in [1.807, 2.05) is 0 Å². The Morgan fingerprint density at radius 1 is 0.697 bits per heavy atom. The van der Waals surface area contributed by atoms with Crippen LogP contribution in [0.25, 0.3) is 0 Å². The van der Waals surface area contributed by atoms with Crippen molar-refractivity contribution in [2.75, 3.05) is 18.5 Å². The number of alkyl halides is 17. The lowest BCUT2D eigenvalue weighted by Crippen LogP contribution is -2.74. The molecule has 0 aliphatic carbocycles. The van der Waals surface area contributed by atoms with Crippen LogP contribution in [0.2, 0.25) is 17.1 Å². The second-order valence-electron chi connectivity index (χ2n) is 15.4. The zero-order chi connectivity index (χ0) is 51.4. The Morgan fingerprint density at radius 3 is 1.64 bits per heavy atom. The Balaban J connectivity index is 2.33. The fourth-order valence-electron chi connectivity index (χ4n) is 6.47. The number of halogens is 19. The summed E-state index contributed by atoms with van der Waals surface area (Å²) < 4.78 is 280. The number of amides is 2. The topological polar surface area (TPSA) is 106 Å². The molecule has 0 radical (unpaired) electrons. The molecule has 28 heteroatoms. The number of hydrogen-bond acceptors (Lipinski definition) is 6. The van der Waals surface area contributed by atoms with Gasteiger partial charge >= 0.3 is 53.7 Å². The van der Waals surface area contributed by atoms with Gasteiger partial charge in [-0.15, -0.1) is 0 Å². The van der Waals surface area contributed by atoms with Crippen molar-refractivity contribution in [2.24, 2.45) is 5.92 Å². The predicted octanol–water partition coefficient (Wildman–Crippen LogP) is 12.9. The van der Waals surface area contributed by atoms with Crippen molar-refractivity contribution in [3.63, 3.8) is 0 Å². The highest BCUT2D eigenvalue weighted by Gasteiger charge is 2.95. The summed E-state index contributed by atoms with van der Waals surface area (Å²) in [4.78, 5) is 24.7. The molecule has 0 aromatic heterocycles. The van der Waals surface area contributed by atoms with E-state index in [1.165, 1.54) is 77.4 Å². The zero-order valence-corrected chi connectivity index (χ0v) is 35.9. The van der Waals surface area contributed by atoms with Gasteiger partial charge in [-0.2, -0.15) is 74.6 Å². The van der Waals surface area contributed by atoms with E-state index < -0.39 is 134 Å². The molecule has 66 heavy (non-hydrogen) atoms. The van der Waals surface area contributed by atoms with E-state index in [1.54, 1.807) is 0 Å². The summed E-state index contributed by atoms with van der Waals surface area (Å²) in [6, 6.07) is 6.01. The highest BCUT2D eigenvalue weighted by Crippen LogP contribution is 2.64. The van der Waals surface area contributed by atoms with Gasteiger partial charge in [-0.3, -0.25) is 15.3 Å². The number of hydrogen-bond donors (Lipinski definition) is 3. The average Bonchev–Trinajstić information content (AvgIpc) is 3.19. The van der Waals surface area contributed by atoms with Crippen LogP contribution in [0.1, 0.15) is 59.6 Å². The standard InChI is InChI=1S/C38H41F19N2O6Si/c1-19(2)66(20(3)4,16-13-31(41,42)32(43,44)33(45,46)34(47,48)35(49,50)36(51,52)37(53,54)38(55,56)57)64-15-14-63-25-10-7-23(8-11-25)28(21(5)17-22(6)29(60)59-62)65-30(61)58-27-12-9-24(39)18-26(27)40/h7-12,17-21,28,62H,13-16H2,1-6H3,(H,58,61)(H,59,60)/b22-17+/t21-,28-/m1/s1. The molecule has 2 rings (SSSR count). The van der Waals surface area contributed by atoms with Crippen LogP contribution in [-0.4, -0.2) is 86.4 Å². The minimum absolute atomic E-state index is 0.00374. The number of nitrogens with one attached hydrogen (secondary N) is 2. The number of anilines is 1. The van der Waals surface area contributed by atoms with Crippen molar-refractivity contribution in [1.29, 1.82) is 0 Å². The van der Waals surface area contributed by atoms with E-state index in [2.05, 4.69) is 5.32 Å². The van der Waals surface area contributed by atoms with Gasteiger partial charge < -0.3 is 13.9 Å². The number of ether oxygens (including phenoxy) is 2. The van der Waals surface area contributed by atoms with Crippen molar-refractivity contribution in [3.05, 3.63) is 71.3 Å². The molecule has 3 N–H and O–H groups in total. The van der Waals surface area contributed by atoms with Crippen molar-refractivity contribution < 1.29 is 112 Å². The fraction of sp³-hybridized carbons (Fsp3) is 0.579. The van der Waals surface area contributed by atoms with E-state index in [-0.39, 0.29) is 16.9 Å². The maximum atomic E-state index is 15.0. The van der Waals surface area contributed by atoms with Gasteiger partial charge in [0, 0.05) is 24.0 Å². The van der Waals surface area contributed by atoms with Crippen LogP contribution in [0.4, 0.5) is 93.9 Å². The highest BCUT2D eigenvalue weighted by atomic mass is 28.4. The Bertz CT molecular complexity index is 2010. The van der Waals surface area contributed by atoms with Gasteiger partial charge in [-0.1, -0.05) is 52.8 Å². The summed E-state index contributed by atoms with van der Waals surface area (Å²) in [5, 5.41) is 11.0. The summed E-state index contributed by atoms with van der Waals surface area (Å²) in [7, 11) is -4.07. The van der Waals surface area contributed by atoms with E-state index in [9.17, 15) is 93.0 Å². The summed E-state index contributed by atoms with van der Waals surface area (Å²) in [6.45, 7) is 6.76. The predicted molar refractivity (Wildman–Crippen MR) is 196 cm³/mol. The lowest BCUT2D eigenvalue weighted by atomic mass is 9.88. The van der Waals surface area contributed by atoms with Gasteiger partial charge in [-0.25, -0.2) is 19.1 Å². The van der Waals surface area contributed by atoms with Gasteiger partial charge in [0.15, 0.2) is 8.32 Å². The SMILES string of the molecule is C/C(=C\[C@@H](C)[C@@H](OC(=O)Nc1ccc(F)cc1F)c1ccc(OCCO[Si](CCC(F)(F)C(F)(F)C(F)(F)C(F)(F)C(F)(F)C(F)(F)C(F)(F)C(F)(F)F)(C(C)C)C(C)C)cc1)C(=O)NO. The van der Waals surface area contributed by atoms with Crippen molar-refractivity contribution in [1.82, 2.24) is 5.48 Å². The Hall–Kier alpha value is -4.47. The van der Waals surface area contributed by atoms with Gasteiger partial charge in [-0.05, 0) is 53.9 Å². The van der Waals surface area contributed by atoms with E-state index >= 15 is 0 Å². The second-order valence-corrected chi connectivity index (χ2v) is 20.4. The smallest absolute Gasteiger partial charge is 0.460 e. The summed E-state index contributed by atoms with van der Waals surface area (Å²) in [5.41, 5.74) is -0.800. The van der Waals surface area contributed by atoms with E-state index in [0.29, 0.717) is 6.07 Å². The molecule has 0 heterocycles. The molecule has 2 atom stereocenters. The molecule has 2 aromatic rings. The first kappa shape index (κ1) is 57.7. The Labute approximate surface area is 363 Å². The monoisotopic (exact) mass is 1010 g/mol. The number of carbonyl (C=O) groups excluding carboxylic acids is 2. The third-order valence-electron chi connectivity index (χ3n) is 10.4. The van der Waals surface area contributed by atoms with Gasteiger partial charge in [0.2, 0.25) is 0 Å². The molecule has 0 fully saturated rings. The van der Waals surface area contributed by atoms with Gasteiger partial charge in [0.05, 0.1) is 12.3 Å². The van der Waals surface area contributed by atoms with E-state index in [4.69, 9.17) is 19.1 Å². The Kier molecular flexibility index (Phi) is 17.8. The maximum Gasteiger partial charge on any atom is 0.460 e. The number of carbonyl (C=O) groups is 2. The molecule has 0 saturated heterocycles. The molecule has 376 valence electrons. The molecular formula is C38H41F19N2O6Si. The first-order valence-electron chi connectivity index (χ1n) is 18.9. The molecule has 2 amide bonds. The van der Waals surface area contributed by atoms with Crippen LogP contribution in [0.3, 0.4) is 0 Å². The highest BCUT2D eigenvalue weighted by molar-refractivity contribution is 6.76. The minimum Gasteiger partial charge on any atom is -0.491 e. The number of benzene rings is 2. The summed E-state index contributed by atoms with van der Waals surface area (Å²) in [5.74, 6) is -61.0. The van der Waals surface area contributed by atoms with Crippen LogP contribution in [-0.2, 0) is 14.0 Å². The quantitative estimate of drug-likeness (QED) is 0.0271. The Morgan fingerprint density at radius 2 is 1.18 bits per heavy atom. The van der Waals surface area contributed by atoms with Gasteiger partial charge in [0.1, 0.15) is 30.1 Å². The van der Waals surface area contributed by atoms with Crippen LogP contribution in [0.5, 0.6) is 5.75 Å². The van der Waals surface area contributed by atoms with Crippen molar-refractivity contribution in [2.45, 2.75) is 119 Å². The summed E-state index contributed by atoms with van der Waals surface area (Å²) >= 11 is 0. The number of rotatable bonds is 22. The average molecular weight is 1010 g/mol. The first-order valence-corrected chi connectivity index (χ1v) is 21.1. The van der Waals surface area contributed by atoms with Crippen molar-refractivity contribution >= 4 is 26.0 Å². The van der Waals surface area contributed by atoms with Crippen LogP contribution < -0.4 is 15.5 Å². The summed E-state index contributed by atoms with van der Waals surface area (Å²) in [6.07, 6.45) is -11.7. The largest absolute Gasteiger partial charge is 0.491 e. The molecule has 0 aliphatic rings. The lowest BCUT2D eigenvalue weighted by Gasteiger charge is -2.44. The van der Waals surface area contributed by atoms with Gasteiger partial charge in [0.25, 0.3) is 5.91 Å². The molecule has 0 spiro atoms. The van der Waals surface area contributed by atoms with E-state index in [0.717, 1.165) is 12.1 Å². The van der Waals surface area contributed by atoms with Crippen LogP contribution in [0.15, 0.2) is 54.1 Å². The number of hydroxylamine groups is 1. The lowest BCUT2D eigenvalue weighted by molar-refractivity contribution is -0.461. The third kappa shape index (κ3) is 11.3. The zero-order valence-electron chi connectivity index (χ0n) is 34.9. The van der Waals surface area contributed by atoms with Crippen LogP contribution in [0, 0.1) is 17.6 Å². The molecule has 0 aliphatic heterocycles. The molecule has 0 bridgehead atoms. The molecule has 8 nitrogen and oxygen atoms in total. The van der Waals surface area contributed by atoms with Crippen LogP contribution >= 0.6 is 0 Å². The normalized spacial score (nSPS) is 15.2. The molecule has 0 saturated carbocycles. The molecule has 0 unspecified atom stereocenters. The molecular weight excluding hydrogens is 969 g/mol.